The van der Waals surface area contributed by atoms with Gasteiger partial charge in [0.05, 0.1) is 0 Å². The van der Waals surface area contributed by atoms with Gasteiger partial charge in [-0.1, -0.05) is 11.6 Å². The third-order valence-corrected chi connectivity index (χ3v) is 6.48. The van der Waals surface area contributed by atoms with Crippen LogP contribution in [-0.4, -0.2) is 44.5 Å². The Balaban J connectivity index is 1.86. The highest BCUT2D eigenvalue weighted by atomic mass is 35.5. The summed E-state index contributed by atoms with van der Waals surface area (Å²) in [4.78, 5) is 36.5. The lowest BCUT2D eigenvalue weighted by Gasteiger charge is -2.46. The topological polar surface area (TPSA) is 118 Å². The minimum Gasteiger partial charge on any atom is -0.382 e. The SMILES string of the molecule is Cc1cc(Nc2ncnc(N)c2Cl)c(=O)n2c1C(=O)NC21CC(C)N(C)C(C)C1. The second-order valence-corrected chi connectivity index (χ2v) is 8.41. The molecule has 0 bridgehead atoms. The van der Waals surface area contributed by atoms with Crippen molar-refractivity contribution < 1.29 is 4.79 Å². The van der Waals surface area contributed by atoms with Gasteiger partial charge in [-0.05, 0) is 39.4 Å². The number of hydrogen-bond acceptors (Lipinski definition) is 7. The van der Waals surface area contributed by atoms with Crippen molar-refractivity contribution in [3.05, 3.63) is 39.0 Å². The lowest BCUT2D eigenvalue weighted by molar-refractivity contribution is 0.0279. The Morgan fingerprint density at radius 2 is 1.93 bits per heavy atom. The highest BCUT2D eigenvalue weighted by Crippen LogP contribution is 2.38. The van der Waals surface area contributed by atoms with Crippen LogP contribution >= 0.6 is 11.6 Å². The van der Waals surface area contributed by atoms with Gasteiger partial charge in [-0.25, -0.2) is 9.97 Å². The number of nitrogens with one attached hydrogen (secondary N) is 2. The number of aromatic nitrogens is 3. The molecule has 0 radical (unpaired) electrons. The van der Waals surface area contributed by atoms with Crippen molar-refractivity contribution in [3.63, 3.8) is 0 Å². The maximum atomic E-state index is 13.5. The van der Waals surface area contributed by atoms with Gasteiger partial charge in [-0.3, -0.25) is 14.2 Å². The normalized spacial score (nSPS) is 26.4. The Kier molecular flexibility index (Phi) is 4.54. The average molecular weight is 418 g/mol. The number of nitrogens with zero attached hydrogens (tertiary/aromatic N) is 4. The van der Waals surface area contributed by atoms with Gasteiger partial charge < -0.3 is 21.3 Å². The molecule has 0 aromatic carbocycles. The molecule has 0 aliphatic carbocycles. The molecule has 2 unspecified atom stereocenters. The summed E-state index contributed by atoms with van der Waals surface area (Å²) in [7, 11) is 2.06. The first-order chi connectivity index (χ1) is 13.6. The van der Waals surface area contributed by atoms with Gasteiger partial charge in [-0.15, -0.1) is 0 Å². The molecule has 4 N–H and O–H groups in total. The van der Waals surface area contributed by atoms with E-state index in [0.29, 0.717) is 24.1 Å². The van der Waals surface area contributed by atoms with Crippen molar-refractivity contribution in [2.45, 2.75) is 51.4 Å². The number of nitrogens with two attached hydrogens (primary N) is 1. The Bertz CT molecular complexity index is 1060. The maximum absolute atomic E-state index is 13.5. The molecule has 29 heavy (non-hydrogen) atoms. The minimum atomic E-state index is -0.758. The van der Waals surface area contributed by atoms with Gasteiger partial charge in [0, 0.05) is 24.9 Å². The van der Waals surface area contributed by atoms with Gasteiger partial charge in [0.15, 0.2) is 5.82 Å². The maximum Gasteiger partial charge on any atom is 0.276 e. The Labute approximate surface area is 173 Å². The molecule has 4 heterocycles. The van der Waals surface area contributed by atoms with Crippen LogP contribution in [0.4, 0.5) is 17.3 Å². The predicted octanol–water partition coefficient (Wildman–Crippen LogP) is 1.82. The van der Waals surface area contributed by atoms with Crippen LogP contribution in [0.3, 0.4) is 0 Å². The molecule has 2 aromatic heterocycles. The van der Waals surface area contributed by atoms with E-state index in [4.69, 9.17) is 17.3 Å². The van der Waals surface area contributed by atoms with Crippen LogP contribution in [-0.2, 0) is 5.66 Å². The summed E-state index contributed by atoms with van der Waals surface area (Å²) < 4.78 is 1.62. The lowest BCUT2D eigenvalue weighted by Crippen LogP contribution is -2.59. The van der Waals surface area contributed by atoms with Crippen molar-refractivity contribution in [2.24, 2.45) is 0 Å². The summed E-state index contributed by atoms with van der Waals surface area (Å²) in [5.74, 6) is 0.139. The fourth-order valence-corrected chi connectivity index (χ4v) is 4.66. The van der Waals surface area contributed by atoms with Crippen molar-refractivity contribution >= 4 is 34.8 Å². The Morgan fingerprint density at radius 1 is 1.28 bits per heavy atom. The van der Waals surface area contributed by atoms with Crippen LogP contribution in [0.1, 0.15) is 42.7 Å². The predicted molar refractivity (Wildman–Crippen MR) is 112 cm³/mol. The standard InChI is InChI=1S/C19H24ClN7O2/c1-9-5-12(24-16-13(20)15(21)22-8-23-16)18(29)27-14(9)17(28)25-19(27)6-10(2)26(4)11(3)7-19/h5,8,10-11H,6-7H2,1-4H3,(H,25,28)(H3,21,22,23,24). The molecular weight excluding hydrogens is 394 g/mol. The molecule has 2 aromatic rings. The smallest absolute Gasteiger partial charge is 0.276 e. The van der Waals surface area contributed by atoms with E-state index in [9.17, 15) is 9.59 Å². The molecule has 154 valence electrons. The first-order valence-corrected chi connectivity index (χ1v) is 9.87. The molecule has 9 nitrogen and oxygen atoms in total. The molecule has 4 rings (SSSR count). The summed E-state index contributed by atoms with van der Waals surface area (Å²) in [6, 6.07) is 2.04. The number of halogens is 1. The summed E-state index contributed by atoms with van der Waals surface area (Å²) in [6.45, 7) is 6.02. The number of pyridine rings is 1. The summed E-state index contributed by atoms with van der Waals surface area (Å²) >= 11 is 6.18. The fraction of sp³-hybridized carbons (Fsp3) is 0.474. The number of rotatable bonds is 2. The van der Waals surface area contributed by atoms with Crippen LogP contribution in [0, 0.1) is 6.92 Å². The number of carbonyl (C=O) groups is 1. The largest absolute Gasteiger partial charge is 0.382 e. The second-order valence-electron chi connectivity index (χ2n) is 8.03. The number of likely N-dealkylation sites (tertiary alicyclic amines) is 1. The monoisotopic (exact) mass is 417 g/mol. The average Bonchev–Trinajstić information content (AvgIpc) is 2.93. The second kappa shape index (κ2) is 6.70. The molecular formula is C19H24ClN7O2. The minimum absolute atomic E-state index is 0.119. The molecule has 2 aliphatic rings. The first kappa shape index (κ1) is 19.7. The summed E-state index contributed by atoms with van der Waals surface area (Å²) in [6.07, 6.45) is 2.54. The quantitative estimate of drug-likeness (QED) is 0.682. The van der Waals surface area contributed by atoms with Crippen molar-refractivity contribution in [3.8, 4) is 0 Å². The Morgan fingerprint density at radius 3 is 2.59 bits per heavy atom. The molecule has 10 heteroatoms. The number of nitrogen functional groups attached to an aromatic ring is 1. The molecule has 1 spiro atoms. The summed E-state index contributed by atoms with van der Waals surface area (Å²) in [5, 5.41) is 6.22. The summed E-state index contributed by atoms with van der Waals surface area (Å²) in [5.41, 5.74) is 6.05. The molecule has 2 atom stereocenters. The molecule has 1 amide bonds. The zero-order valence-corrected chi connectivity index (χ0v) is 17.5. The van der Waals surface area contributed by atoms with E-state index in [-0.39, 0.29) is 45.9 Å². The van der Waals surface area contributed by atoms with Crippen LogP contribution in [0.15, 0.2) is 17.2 Å². The molecule has 2 aliphatic heterocycles. The number of amides is 1. The van der Waals surface area contributed by atoms with Crippen molar-refractivity contribution in [1.29, 1.82) is 0 Å². The zero-order valence-electron chi connectivity index (χ0n) is 16.8. The number of fused-ring (bicyclic) bond motifs is 2. The van der Waals surface area contributed by atoms with E-state index in [1.165, 1.54) is 6.33 Å². The van der Waals surface area contributed by atoms with Gasteiger partial charge in [0.1, 0.15) is 34.2 Å². The van der Waals surface area contributed by atoms with Gasteiger partial charge >= 0.3 is 0 Å². The van der Waals surface area contributed by atoms with E-state index in [0.717, 1.165) is 0 Å². The van der Waals surface area contributed by atoms with Crippen molar-refractivity contribution in [2.75, 3.05) is 18.1 Å². The van der Waals surface area contributed by atoms with Crippen LogP contribution in [0.25, 0.3) is 0 Å². The lowest BCUT2D eigenvalue weighted by atomic mass is 9.87. The number of anilines is 3. The third kappa shape index (κ3) is 2.96. The van der Waals surface area contributed by atoms with Gasteiger partial charge in [-0.2, -0.15) is 0 Å². The number of carbonyl (C=O) groups excluding carboxylic acids is 1. The third-order valence-electron chi connectivity index (χ3n) is 6.11. The van der Waals surface area contributed by atoms with E-state index in [1.807, 2.05) is 6.92 Å². The molecule has 0 saturated carbocycles. The molecule has 1 fully saturated rings. The first-order valence-electron chi connectivity index (χ1n) is 9.49. The highest BCUT2D eigenvalue weighted by Gasteiger charge is 2.49. The van der Waals surface area contributed by atoms with Gasteiger partial charge in [0.2, 0.25) is 0 Å². The van der Waals surface area contributed by atoms with Crippen LogP contribution in [0.2, 0.25) is 5.02 Å². The van der Waals surface area contributed by atoms with E-state index >= 15 is 0 Å². The number of piperidine rings is 1. The van der Waals surface area contributed by atoms with E-state index in [1.54, 1.807) is 10.6 Å². The molecule has 1 saturated heterocycles. The fourth-order valence-electron chi connectivity index (χ4n) is 4.52. The van der Waals surface area contributed by atoms with Gasteiger partial charge in [0.25, 0.3) is 11.5 Å². The van der Waals surface area contributed by atoms with E-state index in [2.05, 4.69) is 46.4 Å². The Hall–Kier alpha value is -2.65. The van der Waals surface area contributed by atoms with Crippen LogP contribution in [0.5, 0.6) is 0 Å². The number of hydrogen-bond donors (Lipinski definition) is 3. The van der Waals surface area contributed by atoms with Crippen LogP contribution < -0.4 is 21.9 Å². The van der Waals surface area contributed by atoms with Crippen molar-refractivity contribution in [1.82, 2.24) is 24.8 Å². The highest BCUT2D eigenvalue weighted by molar-refractivity contribution is 6.35. The van der Waals surface area contributed by atoms with E-state index < -0.39 is 5.66 Å². The number of aryl methyl sites for hydroxylation is 1. The zero-order chi connectivity index (χ0) is 21.1.